The van der Waals surface area contributed by atoms with Gasteiger partial charge in [-0.05, 0) is 12.0 Å². The Kier molecular flexibility index (Phi) is 3.20. The van der Waals surface area contributed by atoms with E-state index in [0.717, 1.165) is 0 Å². The van der Waals surface area contributed by atoms with Crippen LogP contribution in [0.15, 0.2) is 11.4 Å². The second-order valence-electron chi connectivity index (χ2n) is 3.20. The fourth-order valence-corrected chi connectivity index (χ4v) is 1.34. The van der Waals surface area contributed by atoms with Crippen molar-refractivity contribution in [2.24, 2.45) is 0 Å². The van der Waals surface area contributed by atoms with E-state index in [4.69, 9.17) is 5.11 Å². The number of aliphatic carboxylic acids is 1. The number of carbonyl (C=O) groups excluding carboxylic acids is 1. The number of nitrogens with zero attached hydrogens (tertiary/aromatic N) is 1. The molecule has 4 nitrogen and oxygen atoms in total. The molecule has 1 fully saturated rings. The van der Waals surface area contributed by atoms with Gasteiger partial charge in [0, 0.05) is 13.1 Å². The Morgan fingerprint density at radius 3 is 2.31 bits per heavy atom. The van der Waals surface area contributed by atoms with Crippen molar-refractivity contribution in [3.63, 3.8) is 0 Å². The van der Waals surface area contributed by atoms with E-state index >= 15 is 0 Å². The van der Waals surface area contributed by atoms with Gasteiger partial charge in [0.1, 0.15) is 0 Å². The van der Waals surface area contributed by atoms with E-state index in [0.29, 0.717) is 4.90 Å². The maximum Gasteiger partial charge on any atom is 0.471 e. The molecule has 0 aromatic heterocycles. The lowest BCUT2D eigenvalue weighted by molar-refractivity contribution is -0.184. The first-order valence-electron chi connectivity index (χ1n) is 4.20. The molecule has 0 aromatic carbocycles. The topological polar surface area (TPSA) is 57.6 Å². The number of amides is 1. The first-order valence-corrected chi connectivity index (χ1v) is 4.20. The van der Waals surface area contributed by atoms with Crippen molar-refractivity contribution in [3.05, 3.63) is 11.4 Å². The quantitative estimate of drug-likeness (QED) is 0.552. The summed E-state index contributed by atoms with van der Waals surface area (Å²) in [5.74, 6) is -5.41. The van der Waals surface area contributed by atoms with Crippen molar-refractivity contribution >= 4 is 11.9 Å². The highest BCUT2D eigenvalue weighted by Crippen LogP contribution is 2.25. The van der Waals surface area contributed by atoms with Gasteiger partial charge in [0.25, 0.3) is 0 Å². The number of likely N-dealkylation sites (tertiary alicyclic amines) is 1. The molecule has 0 saturated carbocycles. The van der Waals surface area contributed by atoms with Crippen LogP contribution in [0.4, 0.5) is 17.6 Å². The lowest BCUT2D eigenvalue weighted by Gasteiger charge is -2.16. The predicted octanol–water partition coefficient (Wildman–Crippen LogP) is 1.09. The van der Waals surface area contributed by atoms with Crippen LogP contribution in [0.5, 0.6) is 0 Å². The highest BCUT2D eigenvalue weighted by molar-refractivity contribution is 5.86. The molecule has 1 N–H and O–H groups in total. The van der Waals surface area contributed by atoms with Gasteiger partial charge in [-0.2, -0.15) is 17.6 Å². The summed E-state index contributed by atoms with van der Waals surface area (Å²) in [6.07, 6.45) is -5.21. The maximum atomic E-state index is 12.8. The van der Waals surface area contributed by atoms with Gasteiger partial charge in [0.2, 0.25) is 5.83 Å². The van der Waals surface area contributed by atoms with Crippen LogP contribution in [0.1, 0.15) is 6.42 Å². The summed E-state index contributed by atoms with van der Waals surface area (Å²) in [5, 5.41) is 8.27. The summed E-state index contributed by atoms with van der Waals surface area (Å²) in [4.78, 5) is 21.3. The molecule has 1 aliphatic rings. The standard InChI is InChI=1S/C8H7F4NO3/c9-5(6(14)15)4-1-2-13(3-4)7(16)8(10,11)12/h1-3H2,(H,14,15)/b5-4-. The molecule has 0 spiro atoms. The highest BCUT2D eigenvalue weighted by atomic mass is 19.4. The molecule has 1 saturated heterocycles. The Hall–Kier alpha value is -1.60. The third kappa shape index (κ3) is 2.50. The number of halogens is 4. The summed E-state index contributed by atoms with van der Waals surface area (Å²) in [6, 6.07) is 0. The summed E-state index contributed by atoms with van der Waals surface area (Å²) in [5.41, 5.74) is -0.301. The number of carbonyl (C=O) groups is 2. The van der Waals surface area contributed by atoms with Crippen LogP contribution in [-0.2, 0) is 9.59 Å². The third-order valence-corrected chi connectivity index (χ3v) is 2.09. The normalized spacial score (nSPS) is 19.9. The van der Waals surface area contributed by atoms with E-state index < -0.39 is 30.4 Å². The number of hydrogen-bond donors (Lipinski definition) is 1. The zero-order valence-electron chi connectivity index (χ0n) is 7.84. The van der Waals surface area contributed by atoms with E-state index in [1.54, 1.807) is 0 Å². The first kappa shape index (κ1) is 12.5. The highest BCUT2D eigenvalue weighted by Gasteiger charge is 2.44. The Morgan fingerprint density at radius 2 is 1.88 bits per heavy atom. The van der Waals surface area contributed by atoms with Crippen LogP contribution >= 0.6 is 0 Å². The molecule has 0 aromatic rings. The van der Waals surface area contributed by atoms with Crippen LogP contribution in [0, 0.1) is 0 Å². The molecule has 0 unspecified atom stereocenters. The average molecular weight is 241 g/mol. The SMILES string of the molecule is O=C(O)/C(F)=C1\CCN(C(=O)C(F)(F)F)C1. The Balaban J connectivity index is 2.78. The average Bonchev–Trinajstić information content (AvgIpc) is 2.62. The molecule has 90 valence electrons. The fraction of sp³-hybridized carbons (Fsp3) is 0.500. The molecule has 1 amide bonds. The summed E-state index contributed by atoms with van der Waals surface area (Å²) < 4.78 is 48.7. The van der Waals surface area contributed by atoms with Gasteiger partial charge in [-0.15, -0.1) is 0 Å². The van der Waals surface area contributed by atoms with Gasteiger partial charge in [-0.1, -0.05) is 0 Å². The van der Waals surface area contributed by atoms with E-state index in [9.17, 15) is 27.2 Å². The zero-order chi connectivity index (χ0) is 12.5. The largest absolute Gasteiger partial charge is 0.476 e. The van der Waals surface area contributed by atoms with Crippen LogP contribution in [0.3, 0.4) is 0 Å². The molecule has 8 heteroatoms. The number of alkyl halides is 3. The van der Waals surface area contributed by atoms with Crippen molar-refractivity contribution in [3.8, 4) is 0 Å². The monoisotopic (exact) mass is 241 g/mol. The number of carboxylic acid groups (broad SMARTS) is 1. The molecule has 0 atom stereocenters. The van der Waals surface area contributed by atoms with Crippen LogP contribution < -0.4 is 0 Å². The minimum absolute atomic E-state index is 0.194. The first-order chi connectivity index (χ1) is 7.23. The number of hydrogen-bond acceptors (Lipinski definition) is 2. The summed E-state index contributed by atoms with van der Waals surface area (Å²) in [6.45, 7) is -0.954. The molecular weight excluding hydrogens is 234 g/mol. The van der Waals surface area contributed by atoms with Gasteiger partial charge >= 0.3 is 18.1 Å². The molecule has 0 bridgehead atoms. The second kappa shape index (κ2) is 4.11. The van der Waals surface area contributed by atoms with Crippen LogP contribution in [0.2, 0.25) is 0 Å². The van der Waals surface area contributed by atoms with E-state index in [1.165, 1.54) is 0 Å². The summed E-state index contributed by atoms with van der Waals surface area (Å²) in [7, 11) is 0. The third-order valence-electron chi connectivity index (χ3n) is 2.09. The molecule has 16 heavy (non-hydrogen) atoms. The molecule has 0 radical (unpaired) electrons. The number of carboxylic acids is 1. The van der Waals surface area contributed by atoms with Crippen molar-refractivity contribution in [2.45, 2.75) is 12.6 Å². The van der Waals surface area contributed by atoms with Gasteiger partial charge in [0.15, 0.2) is 0 Å². The molecule has 1 heterocycles. The van der Waals surface area contributed by atoms with Gasteiger partial charge in [-0.25, -0.2) is 4.79 Å². The number of rotatable bonds is 1. The Bertz CT molecular complexity index is 361. The fourth-order valence-electron chi connectivity index (χ4n) is 1.34. The second-order valence-corrected chi connectivity index (χ2v) is 3.20. The van der Waals surface area contributed by atoms with Crippen molar-refractivity contribution < 1.29 is 32.3 Å². The Morgan fingerprint density at radius 1 is 1.31 bits per heavy atom. The molecular formula is C8H7F4NO3. The van der Waals surface area contributed by atoms with Crippen molar-refractivity contribution in [2.75, 3.05) is 13.1 Å². The Labute approximate surface area is 87.1 Å². The van der Waals surface area contributed by atoms with E-state index in [1.807, 2.05) is 0 Å². The van der Waals surface area contributed by atoms with Gasteiger partial charge < -0.3 is 10.0 Å². The minimum atomic E-state index is -5.02. The van der Waals surface area contributed by atoms with Crippen molar-refractivity contribution in [1.82, 2.24) is 4.90 Å². The van der Waals surface area contributed by atoms with Crippen LogP contribution in [0.25, 0.3) is 0 Å². The molecule has 1 rings (SSSR count). The lowest BCUT2D eigenvalue weighted by atomic mass is 10.2. The van der Waals surface area contributed by atoms with Crippen molar-refractivity contribution in [1.29, 1.82) is 0 Å². The van der Waals surface area contributed by atoms with E-state index in [-0.39, 0.29) is 18.5 Å². The lowest BCUT2D eigenvalue weighted by Crippen LogP contribution is -2.39. The molecule has 1 aliphatic heterocycles. The summed E-state index contributed by atoms with van der Waals surface area (Å²) >= 11 is 0. The zero-order valence-corrected chi connectivity index (χ0v) is 7.84. The predicted molar refractivity (Wildman–Crippen MR) is 43.0 cm³/mol. The van der Waals surface area contributed by atoms with Gasteiger partial charge in [0.05, 0.1) is 0 Å². The smallest absolute Gasteiger partial charge is 0.471 e. The van der Waals surface area contributed by atoms with E-state index in [2.05, 4.69) is 0 Å². The van der Waals surface area contributed by atoms with Gasteiger partial charge in [-0.3, -0.25) is 4.79 Å². The minimum Gasteiger partial charge on any atom is -0.476 e. The van der Waals surface area contributed by atoms with Crippen LogP contribution in [-0.4, -0.2) is 41.1 Å². The molecule has 0 aliphatic carbocycles. The maximum absolute atomic E-state index is 12.8.